The summed E-state index contributed by atoms with van der Waals surface area (Å²) >= 11 is 0. The summed E-state index contributed by atoms with van der Waals surface area (Å²) in [6.07, 6.45) is -2.20. The molecule has 5 rings (SSSR count). The van der Waals surface area contributed by atoms with Crippen molar-refractivity contribution in [3.63, 3.8) is 0 Å². The van der Waals surface area contributed by atoms with E-state index in [0.717, 1.165) is 49.0 Å². The second-order valence-electron chi connectivity index (χ2n) is 9.07. The third-order valence-corrected chi connectivity index (χ3v) is 6.47. The number of halogens is 3. The van der Waals surface area contributed by atoms with E-state index < -0.39 is 12.7 Å². The first-order chi connectivity index (χ1) is 16.4. The van der Waals surface area contributed by atoms with Gasteiger partial charge in [-0.1, -0.05) is 11.2 Å². The molecule has 182 valence electrons. The molecule has 2 aromatic heterocycles. The van der Waals surface area contributed by atoms with Crippen LogP contribution in [0.2, 0.25) is 0 Å². The van der Waals surface area contributed by atoms with Gasteiger partial charge < -0.3 is 24.6 Å². The quantitative estimate of drug-likeness (QED) is 0.512. The van der Waals surface area contributed by atoms with Gasteiger partial charge in [0, 0.05) is 23.0 Å². The zero-order valence-electron chi connectivity index (χ0n) is 18.8. The molecule has 0 radical (unpaired) electrons. The molecule has 1 aromatic carbocycles. The van der Waals surface area contributed by atoms with Crippen LogP contribution in [0.25, 0.3) is 22.5 Å². The van der Waals surface area contributed by atoms with E-state index >= 15 is 0 Å². The molecule has 1 unspecified atom stereocenters. The van der Waals surface area contributed by atoms with E-state index in [2.05, 4.69) is 32.7 Å². The standard InChI is InChI=1S/C23H27F3N6O2/c1-31-9-7-14(8-10-31)28-16-3-2-4-17-15(16)11-18(32(17)21(26)20(24)25)23-29-19(30-34-23)12-27-22(33)13-5-6-13/h2-4,11,13-14,20-21,28H,5-10,12H2,1H3,(H,27,33). The second kappa shape index (κ2) is 9.28. The van der Waals surface area contributed by atoms with Crippen molar-refractivity contribution in [1.82, 2.24) is 24.9 Å². The molecular formula is C23H27F3N6O2. The van der Waals surface area contributed by atoms with Gasteiger partial charge in [-0.05, 0) is 64.0 Å². The smallest absolute Gasteiger partial charge is 0.288 e. The molecule has 1 aliphatic heterocycles. The van der Waals surface area contributed by atoms with E-state index in [4.69, 9.17) is 4.52 Å². The maximum absolute atomic E-state index is 14.8. The number of amides is 1. The highest BCUT2D eigenvalue weighted by molar-refractivity contribution is 5.96. The largest absolute Gasteiger partial charge is 0.382 e. The Balaban J connectivity index is 1.46. The third kappa shape index (κ3) is 4.61. The SMILES string of the molecule is CN1CCC(Nc2cccc3c2cc(-c2nc(CNC(=O)C4CC4)no2)n3C(F)C(F)F)CC1. The molecule has 8 nitrogen and oxygen atoms in total. The van der Waals surface area contributed by atoms with Gasteiger partial charge in [-0.25, -0.2) is 13.2 Å². The van der Waals surface area contributed by atoms with Crippen LogP contribution >= 0.6 is 0 Å². The third-order valence-electron chi connectivity index (χ3n) is 6.47. The molecule has 3 heterocycles. The number of likely N-dealkylation sites (tertiary alicyclic amines) is 1. The fraction of sp³-hybridized carbons (Fsp3) is 0.522. The average Bonchev–Trinajstić information content (AvgIpc) is 3.45. The van der Waals surface area contributed by atoms with Gasteiger partial charge in [-0.2, -0.15) is 4.98 Å². The summed E-state index contributed by atoms with van der Waals surface area (Å²) in [6, 6.07) is 7.00. The average molecular weight is 477 g/mol. The van der Waals surface area contributed by atoms with Crippen molar-refractivity contribution in [3.8, 4) is 11.6 Å². The number of piperidine rings is 1. The van der Waals surface area contributed by atoms with Gasteiger partial charge in [0.05, 0.1) is 12.1 Å². The lowest BCUT2D eigenvalue weighted by molar-refractivity contribution is -0.122. The maximum atomic E-state index is 14.8. The number of benzene rings is 1. The van der Waals surface area contributed by atoms with Crippen LogP contribution in [0.3, 0.4) is 0 Å². The Hall–Kier alpha value is -3.08. The van der Waals surface area contributed by atoms with E-state index in [1.54, 1.807) is 18.2 Å². The first-order valence-corrected chi connectivity index (χ1v) is 11.5. The molecule has 0 bridgehead atoms. The number of anilines is 1. The van der Waals surface area contributed by atoms with Crippen molar-refractivity contribution in [2.75, 3.05) is 25.5 Å². The highest BCUT2D eigenvalue weighted by Gasteiger charge is 2.31. The number of carbonyl (C=O) groups excluding carboxylic acids is 1. The van der Waals surface area contributed by atoms with Crippen molar-refractivity contribution in [2.24, 2.45) is 5.92 Å². The van der Waals surface area contributed by atoms with Gasteiger partial charge in [-0.3, -0.25) is 4.79 Å². The minimum atomic E-state index is -3.24. The number of nitrogens with one attached hydrogen (secondary N) is 2. The Labute approximate surface area is 194 Å². The van der Waals surface area contributed by atoms with Crippen molar-refractivity contribution < 1.29 is 22.5 Å². The fourth-order valence-corrected chi connectivity index (χ4v) is 4.38. The van der Waals surface area contributed by atoms with Gasteiger partial charge in [0.2, 0.25) is 12.2 Å². The summed E-state index contributed by atoms with van der Waals surface area (Å²) in [5, 5.41) is 10.7. The van der Waals surface area contributed by atoms with Gasteiger partial charge in [0.25, 0.3) is 12.3 Å². The highest BCUT2D eigenvalue weighted by atomic mass is 19.3. The molecular weight excluding hydrogens is 449 g/mol. The maximum Gasteiger partial charge on any atom is 0.288 e. The number of fused-ring (bicyclic) bond motifs is 1. The lowest BCUT2D eigenvalue weighted by atomic mass is 10.0. The number of nitrogens with zero attached hydrogens (tertiary/aromatic N) is 4. The molecule has 1 amide bonds. The van der Waals surface area contributed by atoms with E-state index in [0.29, 0.717) is 10.9 Å². The van der Waals surface area contributed by atoms with E-state index in [-0.39, 0.29) is 41.8 Å². The number of rotatable bonds is 8. The van der Waals surface area contributed by atoms with Crippen molar-refractivity contribution in [1.29, 1.82) is 0 Å². The topological polar surface area (TPSA) is 88.2 Å². The Kier molecular flexibility index (Phi) is 6.20. The number of hydrogen-bond donors (Lipinski definition) is 2. The lowest BCUT2D eigenvalue weighted by Crippen LogP contribution is -2.36. The summed E-state index contributed by atoms with van der Waals surface area (Å²) in [5.41, 5.74) is 1.11. The molecule has 11 heteroatoms. The first kappa shape index (κ1) is 22.7. The summed E-state index contributed by atoms with van der Waals surface area (Å²) in [4.78, 5) is 18.4. The van der Waals surface area contributed by atoms with Crippen LogP contribution in [-0.4, -0.2) is 58.1 Å². The zero-order valence-corrected chi connectivity index (χ0v) is 18.8. The number of hydrogen-bond acceptors (Lipinski definition) is 6. The summed E-state index contributed by atoms with van der Waals surface area (Å²) in [6.45, 7) is 1.97. The number of carbonyl (C=O) groups is 1. The van der Waals surface area contributed by atoms with Crippen molar-refractivity contribution in [2.45, 2.75) is 51.0 Å². The monoisotopic (exact) mass is 476 g/mol. The van der Waals surface area contributed by atoms with Crippen LogP contribution < -0.4 is 10.6 Å². The predicted octanol–water partition coefficient (Wildman–Crippen LogP) is 3.96. The van der Waals surface area contributed by atoms with Crippen LogP contribution in [-0.2, 0) is 11.3 Å². The van der Waals surface area contributed by atoms with Gasteiger partial charge >= 0.3 is 0 Å². The second-order valence-corrected chi connectivity index (χ2v) is 9.07. The number of alkyl halides is 3. The molecule has 2 fully saturated rings. The minimum absolute atomic E-state index is 0.0303. The minimum Gasteiger partial charge on any atom is -0.382 e. The molecule has 1 saturated carbocycles. The van der Waals surface area contributed by atoms with Crippen molar-refractivity contribution >= 4 is 22.5 Å². The Bertz CT molecular complexity index is 1170. The Morgan fingerprint density at radius 2 is 1.97 bits per heavy atom. The molecule has 0 spiro atoms. The van der Waals surface area contributed by atoms with Gasteiger partial charge in [0.15, 0.2) is 5.82 Å². The molecule has 34 heavy (non-hydrogen) atoms. The van der Waals surface area contributed by atoms with E-state index in [9.17, 15) is 18.0 Å². The van der Waals surface area contributed by atoms with E-state index in [1.807, 2.05) is 6.07 Å². The van der Waals surface area contributed by atoms with Gasteiger partial charge in [0.1, 0.15) is 5.69 Å². The fourth-order valence-electron chi connectivity index (χ4n) is 4.38. The van der Waals surface area contributed by atoms with Crippen LogP contribution in [0.4, 0.5) is 18.9 Å². The summed E-state index contributed by atoms with van der Waals surface area (Å²) < 4.78 is 48.0. The van der Waals surface area contributed by atoms with E-state index in [1.165, 1.54) is 0 Å². The molecule has 3 aromatic rings. The van der Waals surface area contributed by atoms with Crippen molar-refractivity contribution in [3.05, 3.63) is 30.1 Å². The molecule has 2 aliphatic rings. The number of aromatic nitrogens is 3. The van der Waals surface area contributed by atoms with Crippen LogP contribution in [0.5, 0.6) is 0 Å². The Morgan fingerprint density at radius 1 is 1.21 bits per heavy atom. The van der Waals surface area contributed by atoms with Crippen LogP contribution in [0, 0.1) is 5.92 Å². The molecule has 1 atom stereocenters. The summed E-state index contributed by atoms with van der Waals surface area (Å²) in [7, 11) is 2.07. The summed E-state index contributed by atoms with van der Waals surface area (Å²) in [5.74, 6) is 0.0627. The van der Waals surface area contributed by atoms with Crippen LogP contribution in [0.15, 0.2) is 28.8 Å². The zero-order chi connectivity index (χ0) is 23.8. The van der Waals surface area contributed by atoms with Gasteiger partial charge in [-0.15, -0.1) is 0 Å². The molecule has 2 N–H and O–H groups in total. The highest BCUT2D eigenvalue weighted by Crippen LogP contribution is 2.37. The Morgan fingerprint density at radius 3 is 2.68 bits per heavy atom. The lowest BCUT2D eigenvalue weighted by Gasteiger charge is -2.30. The molecule has 1 aliphatic carbocycles. The normalized spacial score (nSPS) is 18.5. The van der Waals surface area contributed by atoms with Crippen LogP contribution in [0.1, 0.15) is 37.8 Å². The first-order valence-electron chi connectivity index (χ1n) is 11.5. The predicted molar refractivity (Wildman–Crippen MR) is 120 cm³/mol. The molecule has 1 saturated heterocycles.